The van der Waals surface area contributed by atoms with Crippen molar-refractivity contribution >= 4 is 11.6 Å². The lowest BCUT2D eigenvalue weighted by atomic mass is 10.2. The second-order valence-electron chi connectivity index (χ2n) is 10.6. The zero-order chi connectivity index (χ0) is 33.1. The Morgan fingerprint density at radius 3 is 2.33 bits per heavy atom. The first kappa shape index (κ1) is 32.7. The van der Waals surface area contributed by atoms with Gasteiger partial charge in [0, 0.05) is 37.9 Å². The summed E-state index contributed by atoms with van der Waals surface area (Å²) < 4.78 is 93.9. The summed E-state index contributed by atoms with van der Waals surface area (Å²) in [6, 6.07) is 5.96. The van der Waals surface area contributed by atoms with Crippen LogP contribution in [0, 0.1) is 0 Å². The fourth-order valence-corrected chi connectivity index (χ4v) is 4.97. The van der Waals surface area contributed by atoms with Crippen molar-refractivity contribution in [3.05, 3.63) is 87.6 Å². The molecule has 0 amide bonds. The van der Waals surface area contributed by atoms with Crippen molar-refractivity contribution in [3.63, 3.8) is 0 Å². The number of ether oxygens (including phenoxy) is 2. The van der Waals surface area contributed by atoms with Gasteiger partial charge >= 0.3 is 12.4 Å². The number of halogens is 6. The van der Waals surface area contributed by atoms with Gasteiger partial charge in [0.05, 0.1) is 62.8 Å². The quantitative estimate of drug-likeness (QED) is 0.186. The Labute approximate surface area is 258 Å². The Bertz CT molecular complexity index is 1690. The monoisotopic (exact) mass is 652 g/mol. The molecule has 1 aliphatic heterocycles. The highest BCUT2D eigenvalue weighted by Gasteiger charge is 2.38. The second kappa shape index (κ2) is 13.4. The lowest BCUT2D eigenvalue weighted by molar-refractivity contribution is -0.139. The summed E-state index contributed by atoms with van der Waals surface area (Å²) in [6.45, 7) is 3.05. The molecule has 0 radical (unpaired) electrons. The van der Waals surface area contributed by atoms with Crippen molar-refractivity contribution in [2.75, 3.05) is 37.1 Å². The van der Waals surface area contributed by atoms with Gasteiger partial charge in [0.25, 0.3) is 5.56 Å². The van der Waals surface area contributed by atoms with Crippen LogP contribution < -0.4 is 20.5 Å². The van der Waals surface area contributed by atoms with E-state index < -0.39 is 40.8 Å². The molecule has 0 saturated heterocycles. The molecule has 17 heteroatoms. The van der Waals surface area contributed by atoms with Crippen LogP contribution >= 0.6 is 0 Å². The molecule has 46 heavy (non-hydrogen) atoms. The van der Waals surface area contributed by atoms with Gasteiger partial charge < -0.3 is 24.3 Å². The fourth-order valence-electron chi connectivity index (χ4n) is 4.97. The van der Waals surface area contributed by atoms with Gasteiger partial charge in [-0.15, -0.1) is 0 Å². The van der Waals surface area contributed by atoms with E-state index in [-0.39, 0.29) is 25.7 Å². The summed E-state index contributed by atoms with van der Waals surface area (Å²) in [5.74, 6) is 1.49. The van der Waals surface area contributed by atoms with Gasteiger partial charge in [-0.1, -0.05) is 12.1 Å². The maximum atomic E-state index is 14.0. The van der Waals surface area contributed by atoms with Gasteiger partial charge in [0.15, 0.2) is 0 Å². The fraction of sp³-hybridized carbons (Fsp3) is 0.414. The van der Waals surface area contributed by atoms with Crippen LogP contribution in [0.3, 0.4) is 0 Å². The maximum absolute atomic E-state index is 14.0. The second-order valence-corrected chi connectivity index (χ2v) is 10.6. The molecule has 0 aliphatic carbocycles. The average Bonchev–Trinajstić information content (AvgIpc) is 3.42. The molecule has 1 aromatic carbocycles. The third kappa shape index (κ3) is 7.58. The van der Waals surface area contributed by atoms with Crippen molar-refractivity contribution < 1.29 is 35.8 Å². The Morgan fingerprint density at radius 2 is 1.67 bits per heavy atom. The first-order valence-corrected chi connectivity index (χ1v) is 14.2. The van der Waals surface area contributed by atoms with Crippen molar-refractivity contribution in [1.82, 2.24) is 29.3 Å². The molecule has 0 fully saturated rings. The summed E-state index contributed by atoms with van der Waals surface area (Å²) in [5, 5.41) is 6.66. The molecule has 1 N–H and O–H groups in total. The number of methoxy groups -OCH3 is 1. The predicted octanol–water partition coefficient (Wildman–Crippen LogP) is 4.40. The molecule has 4 heterocycles. The number of rotatable bonds is 11. The zero-order valence-corrected chi connectivity index (χ0v) is 24.8. The molecule has 0 spiro atoms. The number of fused-ring (bicyclic) bond motifs is 1. The first-order valence-electron chi connectivity index (χ1n) is 14.2. The molecule has 1 atom stereocenters. The molecular formula is C29H30F6N8O3. The van der Waals surface area contributed by atoms with Gasteiger partial charge in [0.1, 0.15) is 17.1 Å². The predicted molar refractivity (Wildman–Crippen MR) is 154 cm³/mol. The van der Waals surface area contributed by atoms with Gasteiger partial charge in [0.2, 0.25) is 5.95 Å². The largest absolute Gasteiger partial charge is 0.497 e. The minimum atomic E-state index is -4.92. The lowest BCUT2D eigenvalue weighted by Crippen LogP contribution is -2.35. The number of hydrogen-bond acceptors (Lipinski definition) is 9. The highest BCUT2D eigenvalue weighted by Crippen LogP contribution is 2.32. The third-order valence-corrected chi connectivity index (χ3v) is 7.27. The van der Waals surface area contributed by atoms with Crippen molar-refractivity contribution in [2.24, 2.45) is 0 Å². The standard InChI is InChI=1S/C29H30F6N8O3/c1-18(40-23-14-39-43(26(44)25(23)29(33,34)35)15-19-3-5-22(45-2)6-4-19)17-46-10-7-24-36-13-21-16-41(8-9-42(21)24)27-37-11-20(12-38-27)28(30,31)32/h3-6,11-14,18,40H,7-10,15-17H2,1-2H3. The number of nitrogens with one attached hydrogen (secondary N) is 1. The van der Waals surface area contributed by atoms with Crippen molar-refractivity contribution in [1.29, 1.82) is 0 Å². The maximum Gasteiger partial charge on any atom is 0.423 e. The molecule has 246 valence electrons. The van der Waals surface area contributed by atoms with Crippen LogP contribution in [0.1, 0.15) is 35.1 Å². The number of nitrogens with zero attached hydrogens (tertiary/aromatic N) is 7. The molecule has 1 aliphatic rings. The highest BCUT2D eigenvalue weighted by atomic mass is 19.4. The van der Waals surface area contributed by atoms with Gasteiger partial charge in [-0.25, -0.2) is 19.6 Å². The van der Waals surface area contributed by atoms with E-state index in [9.17, 15) is 31.1 Å². The van der Waals surface area contributed by atoms with Crippen LogP contribution in [0.25, 0.3) is 0 Å². The number of benzene rings is 1. The summed E-state index contributed by atoms with van der Waals surface area (Å²) in [6.07, 6.45) is -4.86. The van der Waals surface area contributed by atoms with E-state index in [2.05, 4.69) is 25.4 Å². The van der Waals surface area contributed by atoms with E-state index >= 15 is 0 Å². The molecular weight excluding hydrogens is 622 g/mol. The van der Waals surface area contributed by atoms with Crippen molar-refractivity contribution in [2.45, 2.75) is 51.4 Å². The smallest absolute Gasteiger partial charge is 0.423 e. The van der Waals surface area contributed by atoms with Crippen LogP contribution in [0.2, 0.25) is 0 Å². The number of alkyl halides is 6. The molecule has 5 rings (SSSR count). The van der Waals surface area contributed by atoms with Crippen molar-refractivity contribution in [3.8, 4) is 5.75 Å². The number of imidazole rings is 1. The summed E-state index contributed by atoms with van der Waals surface area (Å²) in [7, 11) is 1.49. The molecule has 0 saturated carbocycles. The van der Waals surface area contributed by atoms with Gasteiger partial charge in [-0.3, -0.25) is 4.79 Å². The Balaban J connectivity index is 1.14. The van der Waals surface area contributed by atoms with E-state index in [4.69, 9.17) is 9.47 Å². The van der Waals surface area contributed by atoms with E-state index in [1.165, 1.54) is 7.11 Å². The average molecular weight is 653 g/mol. The zero-order valence-electron chi connectivity index (χ0n) is 24.8. The normalized spacial score (nSPS) is 14.2. The molecule has 11 nitrogen and oxygen atoms in total. The Hall–Kier alpha value is -4.67. The minimum Gasteiger partial charge on any atom is -0.497 e. The first-order chi connectivity index (χ1) is 21.8. The molecule has 4 aromatic rings. The Kier molecular flexibility index (Phi) is 9.50. The van der Waals surface area contributed by atoms with Crippen LogP contribution in [-0.4, -0.2) is 62.2 Å². The summed E-state index contributed by atoms with van der Waals surface area (Å²) in [5.41, 5.74) is -2.57. The molecule has 0 bridgehead atoms. The highest BCUT2D eigenvalue weighted by molar-refractivity contribution is 5.50. The van der Waals surface area contributed by atoms with Crippen LogP contribution in [0.15, 0.2) is 53.8 Å². The van der Waals surface area contributed by atoms with Crippen LogP contribution in [0.4, 0.5) is 38.0 Å². The van der Waals surface area contributed by atoms with Gasteiger partial charge in [-0.2, -0.15) is 31.4 Å². The SMILES string of the molecule is COc1ccc(Cn2ncc(NC(C)COCCc3ncc4n3CCN(c3ncc(C(F)(F)F)cn3)C4)c(C(F)(F)F)c2=O)cc1. The lowest BCUT2D eigenvalue weighted by Gasteiger charge is -2.29. The topological polar surface area (TPSA) is 112 Å². The van der Waals surface area contributed by atoms with Crippen LogP contribution in [-0.2, 0) is 43.1 Å². The number of anilines is 2. The summed E-state index contributed by atoms with van der Waals surface area (Å²) in [4.78, 5) is 26.7. The van der Waals surface area contributed by atoms with E-state index in [1.807, 2.05) is 4.57 Å². The number of aromatic nitrogens is 6. The minimum absolute atomic E-state index is 0.0405. The third-order valence-electron chi connectivity index (χ3n) is 7.27. The van der Waals surface area contributed by atoms with E-state index in [0.29, 0.717) is 37.4 Å². The Morgan fingerprint density at radius 1 is 0.957 bits per heavy atom. The van der Waals surface area contributed by atoms with E-state index in [1.54, 1.807) is 42.3 Å². The van der Waals surface area contributed by atoms with E-state index in [0.717, 1.165) is 34.8 Å². The molecule has 1 unspecified atom stereocenters. The number of hydrogen-bond donors (Lipinski definition) is 1. The molecule has 3 aromatic heterocycles. The van der Waals surface area contributed by atoms with Gasteiger partial charge in [-0.05, 0) is 24.6 Å². The summed E-state index contributed by atoms with van der Waals surface area (Å²) >= 11 is 0. The van der Waals surface area contributed by atoms with Crippen LogP contribution in [0.5, 0.6) is 5.75 Å².